The summed E-state index contributed by atoms with van der Waals surface area (Å²) in [6.07, 6.45) is 2.23. The number of ketones is 1. The Balaban J connectivity index is 1.98. The largest absolute Gasteiger partial charge is 0.481 e. The van der Waals surface area contributed by atoms with Crippen molar-refractivity contribution in [1.29, 1.82) is 0 Å². The van der Waals surface area contributed by atoms with Crippen molar-refractivity contribution in [2.24, 2.45) is 22.4 Å². The number of hydrogen-bond donors (Lipinski definition) is 7. The Bertz CT molecular complexity index is 1210. The number of carbonyl (C=O) groups excluding carboxylic acids is 5. The first-order valence-corrected chi connectivity index (χ1v) is 14.5. The highest BCUT2D eigenvalue weighted by atomic mass is 16.4. The van der Waals surface area contributed by atoms with Crippen LogP contribution in [0.4, 0.5) is 0 Å². The second-order valence-electron chi connectivity index (χ2n) is 11.1. The molecule has 3 atom stereocenters. The molecule has 1 aliphatic carbocycles. The fourth-order valence-corrected chi connectivity index (χ4v) is 5.43. The van der Waals surface area contributed by atoms with Crippen molar-refractivity contribution in [2.45, 2.75) is 81.8 Å². The Kier molecular flexibility index (Phi) is 12.0. The van der Waals surface area contributed by atoms with Crippen LogP contribution < -0.4 is 32.7 Å². The summed E-state index contributed by atoms with van der Waals surface area (Å²) in [5.74, 6) is -5.87. The van der Waals surface area contributed by atoms with Crippen molar-refractivity contribution in [3.05, 3.63) is 35.9 Å². The molecular weight excluding hydrogens is 558 g/mol. The summed E-state index contributed by atoms with van der Waals surface area (Å²) in [6, 6.07) is 6.69. The van der Waals surface area contributed by atoms with E-state index >= 15 is 0 Å². The minimum atomic E-state index is -1.34. The molecule has 1 spiro atoms. The number of Topliss-reactive ketones (excluding diaryl/α,β-unsaturated/α-hetero) is 1. The number of rotatable bonds is 8. The average molecular weight is 600 g/mol. The van der Waals surface area contributed by atoms with Crippen molar-refractivity contribution in [1.82, 2.24) is 21.3 Å². The van der Waals surface area contributed by atoms with Crippen LogP contribution in [0.3, 0.4) is 0 Å². The Hall–Kier alpha value is -4.49. The van der Waals surface area contributed by atoms with E-state index in [2.05, 4.69) is 26.3 Å². The Morgan fingerprint density at radius 2 is 1.63 bits per heavy atom. The number of amides is 4. The quantitative estimate of drug-likeness (QED) is 0.113. The van der Waals surface area contributed by atoms with E-state index in [0.717, 1.165) is 12.0 Å². The van der Waals surface area contributed by atoms with Gasteiger partial charge in [-0.05, 0) is 31.2 Å². The molecule has 0 unspecified atom stereocenters. The second kappa shape index (κ2) is 15.7. The van der Waals surface area contributed by atoms with E-state index in [1.165, 1.54) is 0 Å². The van der Waals surface area contributed by atoms with Gasteiger partial charge < -0.3 is 37.8 Å². The number of nitrogens with two attached hydrogens (primary N) is 2. The predicted octanol–water partition coefficient (Wildman–Crippen LogP) is -0.749. The SMILES string of the molecule is NC(N)=NCCC[C@@H]1NC(=O)C2(CCCCC2)NC(=O)[C@@H](Cc2ccccc2)NC(=O)[C@H](CC(=O)O)CC(=O)CNC1=O. The number of carboxylic acid groups (broad SMARTS) is 1. The number of carbonyl (C=O) groups is 6. The maximum atomic E-state index is 13.8. The number of benzene rings is 1. The van der Waals surface area contributed by atoms with Crippen LogP contribution in [-0.2, 0) is 35.2 Å². The van der Waals surface area contributed by atoms with Crippen LogP contribution in [-0.4, -0.2) is 77.2 Å². The molecule has 3 rings (SSSR count). The third-order valence-corrected chi connectivity index (χ3v) is 7.71. The van der Waals surface area contributed by atoms with Crippen LogP contribution in [0.5, 0.6) is 0 Å². The van der Waals surface area contributed by atoms with Gasteiger partial charge in [-0.15, -0.1) is 0 Å². The van der Waals surface area contributed by atoms with E-state index in [4.69, 9.17) is 11.5 Å². The van der Waals surface area contributed by atoms with Crippen molar-refractivity contribution in [3.8, 4) is 0 Å². The minimum absolute atomic E-state index is 0.0668. The summed E-state index contributed by atoms with van der Waals surface area (Å²) in [6.45, 7) is -0.271. The smallest absolute Gasteiger partial charge is 0.304 e. The minimum Gasteiger partial charge on any atom is -0.481 e. The molecule has 2 fully saturated rings. The number of carboxylic acids is 1. The van der Waals surface area contributed by atoms with Crippen LogP contribution in [0.2, 0.25) is 0 Å². The van der Waals surface area contributed by atoms with Crippen molar-refractivity contribution in [2.75, 3.05) is 13.1 Å². The summed E-state index contributed by atoms with van der Waals surface area (Å²) >= 11 is 0. The summed E-state index contributed by atoms with van der Waals surface area (Å²) in [5.41, 5.74) is 10.2. The summed E-state index contributed by atoms with van der Waals surface area (Å²) in [7, 11) is 0. The van der Waals surface area contributed by atoms with Gasteiger partial charge in [-0.3, -0.25) is 33.8 Å². The highest BCUT2D eigenvalue weighted by Gasteiger charge is 2.44. The fraction of sp³-hybridized carbons (Fsp3) is 0.552. The lowest BCUT2D eigenvalue weighted by molar-refractivity contribution is -0.142. The van der Waals surface area contributed by atoms with Crippen LogP contribution >= 0.6 is 0 Å². The molecule has 1 aliphatic heterocycles. The lowest BCUT2D eigenvalue weighted by Crippen LogP contribution is -2.65. The van der Waals surface area contributed by atoms with Gasteiger partial charge in [-0.2, -0.15) is 0 Å². The van der Waals surface area contributed by atoms with Crippen molar-refractivity contribution < 1.29 is 33.9 Å². The van der Waals surface area contributed by atoms with Gasteiger partial charge in [-0.1, -0.05) is 49.6 Å². The number of hydrogen-bond acceptors (Lipinski definition) is 7. The lowest BCUT2D eigenvalue weighted by atomic mass is 9.80. The summed E-state index contributed by atoms with van der Waals surface area (Å²) in [4.78, 5) is 82.4. The molecular formula is C29H41N7O7. The first-order valence-electron chi connectivity index (χ1n) is 14.5. The number of aliphatic carboxylic acids is 1. The van der Waals surface area contributed by atoms with Crippen molar-refractivity contribution in [3.63, 3.8) is 0 Å². The van der Waals surface area contributed by atoms with Gasteiger partial charge >= 0.3 is 5.97 Å². The number of guanidine groups is 1. The molecule has 0 radical (unpaired) electrons. The lowest BCUT2D eigenvalue weighted by Gasteiger charge is -2.38. The van der Waals surface area contributed by atoms with Crippen LogP contribution in [0, 0.1) is 5.92 Å². The van der Waals surface area contributed by atoms with Gasteiger partial charge in [-0.25, -0.2) is 0 Å². The van der Waals surface area contributed by atoms with E-state index in [1.807, 2.05) is 0 Å². The van der Waals surface area contributed by atoms with Gasteiger partial charge in [0.25, 0.3) is 0 Å². The molecule has 0 aromatic heterocycles. The summed E-state index contributed by atoms with van der Waals surface area (Å²) < 4.78 is 0. The molecule has 1 saturated heterocycles. The normalized spacial score (nSPS) is 23.5. The van der Waals surface area contributed by atoms with E-state index in [1.54, 1.807) is 30.3 Å². The Labute approximate surface area is 249 Å². The molecule has 1 heterocycles. The first-order chi connectivity index (χ1) is 20.5. The number of nitrogens with zero attached hydrogens (tertiary/aromatic N) is 1. The van der Waals surface area contributed by atoms with Gasteiger partial charge in [0.15, 0.2) is 11.7 Å². The molecule has 1 aromatic carbocycles. The van der Waals surface area contributed by atoms with Gasteiger partial charge in [0.1, 0.15) is 17.6 Å². The standard InChI is InChI=1S/C29H41N7O7/c30-28(31)32-13-7-10-21-25(41)33-17-20(37)15-19(16-23(38)39)24(40)34-22(14-18-8-3-1-4-9-18)26(42)36-29(27(43)35-21)11-5-2-6-12-29/h1,3-4,8-9,19,21-22H,2,5-7,10-17H2,(H,33,41)(H,34,40)(H,35,43)(H,36,42)(H,38,39)(H4,30,31,32)/t19-,21-,22+/m0/s1. The maximum absolute atomic E-state index is 13.8. The topological polar surface area (TPSA) is 235 Å². The average Bonchev–Trinajstić information content (AvgIpc) is 2.96. The molecule has 0 bridgehead atoms. The van der Waals surface area contributed by atoms with Gasteiger partial charge in [0.05, 0.1) is 18.9 Å². The highest BCUT2D eigenvalue weighted by Crippen LogP contribution is 2.29. The highest BCUT2D eigenvalue weighted by molar-refractivity contribution is 5.99. The second-order valence-corrected chi connectivity index (χ2v) is 11.1. The fourth-order valence-electron chi connectivity index (χ4n) is 5.43. The van der Waals surface area contributed by atoms with Gasteiger partial charge in [0.2, 0.25) is 23.6 Å². The van der Waals surface area contributed by atoms with Crippen LogP contribution in [0.25, 0.3) is 0 Å². The molecule has 4 amide bonds. The molecule has 14 heteroatoms. The molecule has 14 nitrogen and oxygen atoms in total. The molecule has 43 heavy (non-hydrogen) atoms. The number of aliphatic imine (C=N–C) groups is 1. The van der Waals surface area contributed by atoms with Gasteiger partial charge in [0, 0.05) is 19.4 Å². The van der Waals surface area contributed by atoms with E-state index in [0.29, 0.717) is 32.1 Å². The third-order valence-electron chi connectivity index (χ3n) is 7.71. The maximum Gasteiger partial charge on any atom is 0.304 e. The van der Waals surface area contributed by atoms with Crippen LogP contribution in [0.1, 0.15) is 63.4 Å². The Morgan fingerprint density at radius 3 is 2.28 bits per heavy atom. The zero-order valence-electron chi connectivity index (χ0n) is 24.1. The van der Waals surface area contributed by atoms with E-state index in [-0.39, 0.29) is 25.3 Å². The van der Waals surface area contributed by atoms with E-state index in [9.17, 15) is 33.9 Å². The summed E-state index contributed by atoms with van der Waals surface area (Å²) in [5, 5.41) is 20.2. The Morgan fingerprint density at radius 1 is 0.930 bits per heavy atom. The molecule has 9 N–H and O–H groups in total. The molecule has 1 saturated carbocycles. The monoisotopic (exact) mass is 599 g/mol. The van der Waals surface area contributed by atoms with E-state index < -0.39 is 78.3 Å². The zero-order valence-corrected chi connectivity index (χ0v) is 24.1. The van der Waals surface area contributed by atoms with Crippen molar-refractivity contribution >= 4 is 41.3 Å². The first kappa shape index (κ1) is 33.0. The number of nitrogens with one attached hydrogen (secondary N) is 4. The molecule has 1 aromatic rings. The zero-order chi connectivity index (χ0) is 31.4. The molecule has 234 valence electrons. The van der Waals surface area contributed by atoms with Crippen LogP contribution in [0.15, 0.2) is 35.3 Å². The molecule has 2 aliphatic rings. The third kappa shape index (κ3) is 10.1. The predicted molar refractivity (Wildman–Crippen MR) is 156 cm³/mol.